The highest BCUT2D eigenvalue weighted by Gasteiger charge is 2.63. The van der Waals surface area contributed by atoms with Gasteiger partial charge in [-0.2, -0.15) is 0 Å². The van der Waals surface area contributed by atoms with Gasteiger partial charge >= 0.3 is 0 Å². The number of hydrogen-bond donors (Lipinski definition) is 0. The summed E-state index contributed by atoms with van der Waals surface area (Å²) in [5, 5.41) is 0.640. The summed E-state index contributed by atoms with van der Waals surface area (Å²) >= 11 is 4.84. The van der Waals surface area contributed by atoms with Crippen LogP contribution in [-0.2, 0) is 28.1 Å². The average Bonchev–Trinajstić information content (AvgIpc) is 3.18. The van der Waals surface area contributed by atoms with Gasteiger partial charge in [-0.1, -0.05) is 22.1 Å². The summed E-state index contributed by atoms with van der Waals surface area (Å²) in [6.45, 7) is 6.26. The molecule has 1 aromatic rings. The monoisotopic (exact) mass is 352 g/mol. The van der Waals surface area contributed by atoms with Crippen molar-refractivity contribution in [3.8, 4) is 0 Å². The maximum Gasteiger partial charge on any atom is 0.233 e. The van der Waals surface area contributed by atoms with Crippen molar-refractivity contribution in [1.29, 1.82) is 0 Å². The largest absolute Gasteiger partial charge is 0.591 e. The predicted octanol–water partition coefficient (Wildman–Crippen LogP) is 3.10. The molecule has 2 aliphatic rings. The van der Waals surface area contributed by atoms with Crippen molar-refractivity contribution in [2.24, 2.45) is 10.3 Å². The molecule has 1 aliphatic carbocycles. The zero-order valence-electron chi connectivity index (χ0n) is 13.8. The quantitative estimate of drug-likeness (QED) is 0.606. The highest BCUT2D eigenvalue weighted by molar-refractivity contribution is 7.91. The van der Waals surface area contributed by atoms with E-state index >= 15 is 0 Å². The summed E-state index contributed by atoms with van der Waals surface area (Å²) in [5.41, 5.74) is 1.56. The zero-order chi connectivity index (χ0) is 17.0. The van der Waals surface area contributed by atoms with Crippen molar-refractivity contribution < 1.29 is 9.35 Å². The van der Waals surface area contributed by atoms with E-state index < -0.39 is 21.5 Å². The van der Waals surface area contributed by atoms with Gasteiger partial charge in [-0.05, 0) is 50.5 Å². The number of fused-ring (bicyclic) bond motifs is 2. The smallest absolute Gasteiger partial charge is 0.233 e. The lowest BCUT2D eigenvalue weighted by Crippen LogP contribution is -2.42. The van der Waals surface area contributed by atoms with Crippen molar-refractivity contribution in [3.63, 3.8) is 0 Å². The van der Waals surface area contributed by atoms with E-state index in [4.69, 9.17) is 11.6 Å². The third-order valence-electron chi connectivity index (χ3n) is 4.56. The van der Waals surface area contributed by atoms with Crippen LogP contribution in [0.1, 0.15) is 38.3 Å². The van der Waals surface area contributed by atoms with Crippen LogP contribution in [-0.4, -0.2) is 33.4 Å². The van der Waals surface area contributed by atoms with Crippen LogP contribution in [0.2, 0.25) is 5.02 Å². The zero-order valence-corrected chi connectivity index (χ0v) is 15.4. The van der Waals surface area contributed by atoms with E-state index in [1.165, 1.54) is 0 Å². The van der Waals surface area contributed by atoms with Crippen LogP contribution in [0.4, 0.5) is 0 Å². The predicted molar refractivity (Wildman–Crippen MR) is 94.1 cm³/mol. The van der Waals surface area contributed by atoms with Crippen molar-refractivity contribution in [1.82, 2.24) is 4.90 Å². The van der Waals surface area contributed by atoms with Crippen LogP contribution in [0.15, 0.2) is 22.6 Å². The number of halogens is 1. The molecule has 1 fully saturated rings. The number of rotatable bonds is 2. The minimum atomic E-state index is -1.30. The SMILES string of the molecule is CN1Cc2ccc(Cl)cc2C2(CC2C=N[S+]([O-])C(C)(C)C)C1=O. The van der Waals surface area contributed by atoms with Crippen LogP contribution in [0.3, 0.4) is 0 Å². The first-order valence-corrected chi connectivity index (χ1v) is 9.15. The summed E-state index contributed by atoms with van der Waals surface area (Å²) in [4.78, 5) is 14.5. The summed E-state index contributed by atoms with van der Waals surface area (Å²) in [6.07, 6.45) is 2.41. The Bertz CT molecular complexity index is 686. The molecule has 6 heteroatoms. The number of carbonyl (C=O) groups is 1. The molecule has 4 nitrogen and oxygen atoms in total. The highest BCUT2D eigenvalue weighted by atomic mass is 35.5. The van der Waals surface area contributed by atoms with Crippen molar-refractivity contribution in [2.75, 3.05) is 7.05 Å². The highest BCUT2D eigenvalue weighted by Crippen LogP contribution is 2.57. The Hall–Kier alpha value is -1.04. The molecule has 1 aromatic carbocycles. The van der Waals surface area contributed by atoms with Gasteiger partial charge in [-0.3, -0.25) is 4.79 Å². The van der Waals surface area contributed by atoms with E-state index in [1.807, 2.05) is 46.0 Å². The Balaban J connectivity index is 1.93. The van der Waals surface area contributed by atoms with Gasteiger partial charge in [0.15, 0.2) is 0 Å². The molecule has 1 amide bonds. The van der Waals surface area contributed by atoms with E-state index in [1.54, 1.807) is 11.1 Å². The van der Waals surface area contributed by atoms with Gasteiger partial charge in [-0.25, -0.2) is 0 Å². The molecule has 3 rings (SSSR count). The van der Waals surface area contributed by atoms with E-state index in [2.05, 4.69) is 4.40 Å². The molecule has 1 aliphatic heterocycles. The van der Waals surface area contributed by atoms with Gasteiger partial charge in [0.2, 0.25) is 5.91 Å². The number of carbonyl (C=O) groups excluding carboxylic acids is 1. The summed E-state index contributed by atoms with van der Waals surface area (Å²) in [7, 11) is 1.82. The van der Waals surface area contributed by atoms with Gasteiger partial charge in [0.25, 0.3) is 0 Å². The normalized spacial score (nSPS) is 28.3. The number of nitrogens with zero attached hydrogens (tertiary/aromatic N) is 2. The lowest BCUT2D eigenvalue weighted by molar-refractivity contribution is -0.134. The summed E-state index contributed by atoms with van der Waals surface area (Å²) in [5.74, 6) is 0.0894. The molecule has 3 atom stereocenters. The Morgan fingerprint density at radius 3 is 2.83 bits per heavy atom. The topological polar surface area (TPSA) is 55.7 Å². The fourth-order valence-corrected chi connectivity index (χ4v) is 3.94. The van der Waals surface area contributed by atoms with E-state index in [-0.39, 0.29) is 11.8 Å². The summed E-state index contributed by atoms with van der Waals surface area (Å²) < 4.78 is 15.9. The second kappa shape index (κ2) is 5.50. The maximum atomic E-state index is 12.8. The second-order valence-corrected chi connectivity index (χ2v) is 9.73. The molecule has 0 N–H and O–H groups in total. The van der Waals surface area contributed by atoms with E-state index in [9.17, 15) is 9.35 Å². The first kappa shape index (κ1) is 16.8. The molecular formula is C17H21ClN2O2S. The molecule has 0 radical (unpaired) electrons. The van der Waals surface area contributed by atoms with Crippen LogP contribution in [0.5, 0.6) is 0 Å². The van der Waals surface area contributed by atoms with Crippen molar-refractivity contribution in [3.05, 3.63) is 34.3 Å². The van der Waals surface area contributed by atoms with Crippen LogP contribution in [0, 0.1) is 5.92 Å². The van der Waals surface area contributed by atoms with Crippen molar-refractivity contribution >= 4 is 35.1 Å². The maximum absolute atomic E-state index is 12.8. The summed E-state index contributed by atoms with van der Waals surface area (Å²) in [6, 6.07) is 5.75. The fourth-order valence-electron chi connectivity index (χ4n) is 3.20. The molecule has 0 bridgehead atoms. The molecule has 1 saturated carbocycles. The molecule has 0 aromatic heterocycles. The molecule has 3 unspecified atom stereocenters. The second-order valence-electron chi connectivity index (χ2n) is 7.36. The number of amides is 1. The van der Waals surface area contributed by atoms with Gasteiger partial charge in [0.05, 0.1) is 11.6 Å². The number of hydrogen-bond acceptors (Lipinski definition) is 3. The fraction of sp³-hybridized carbons (Fsp3) is 0.529. The third kappa shape index (κ3) is 2.79. The minimum absolute atomic E-state index is 0.0127. The van der Waals surface area contributed by atoms with E-state index in [0.29, 0.717) is 18.0 Å². The van der Waals surface area contributed by atoms with Crippen LogP contribution >= 0.6 is 11.6 Å². The molecule has 124 valence electrons. The molecule has 1 spiro atoms. The first-order valence-electron chi connectivity index (χ1n) is 7.67. The molecule has 1 heterocycles. The van der Waals surface area contributed by atoms with Gasteiger partial charge < -0.3 is 9.45 Å². The minimum Gasteiger partial charge on any atom is -0.591 e. The number of likely N-dealkylation sites (N-methyl/N-ethyl adjacent to an activating group) is 1. The first-order chi connectivity index (χ1) is 10.7. The Labute approximate surface area is 145 Å². The van der Waals surface area contributed by atoms with Crippen molar-refractivity contribution in [2.45, 2.75) is 43.9 Å². The number of benzene rings is 1. The van der Waals surface area contributed by atoms with Crippen LogP contribution < -0.4 is 0 Å². The Morgan fingerprint density at radius 2 is 2.17 bits per heavy atom. The lowest BCUT2D eigenvalue weighted by Gasteiger charge is -2.32. The Morgan fingerprint density at radius 1 is 1.48 bits per heavy atom. The lowest BCUT2D eigenvalue weighted by atomic mass is 9.84. The molecule has 0 saturated heterocycles. The molecule has 23 heavy (non-hydrogen) atoms. The van der Waals surface area contributed by atoms with Gasteiger partial charge in [0.1, 0.15) is 16.1 Å². The standard InChI is InChI=1S/C17H21ClN2O2S/c1-16(2,3)23(22)19-9-12-8-17(12)14-7-13(18)6-5-11(14)10-20(4)15(17)21/h5-7,9,12H,8,10H2,1-4H3. The van der Waals surface area contributed by atoms with E-state index in [0.717, 1.165) is 11.1 Å². The van der Waals surface area contributed by atoms with Gasteiger partial charge in [-0.15, -0.1) is 0 Å². The average molecular weight is 353 g/mol. The molecular weight excluding hydrogens is 332 g/mol. The Kier molecular flexibility index (Phi) is 4.02. The van der Waals surface area contributed by atoms with Crippen LogP contribution in [0.25, 0.3) is 0 Å². The van der Waals surface area contributed by atoms with Gasteiger partial charge in [0, 0.05) is 24.5 Å². The third-order valence-corrected chi connectivity index (χ3v) is 6.16.